The van der Waals surface area contributed by atoms with E-state index in [4.69, 9.17) is 0 Å². The zero-order valence-electron chi connectivity index (χ0n) is 15.7. The molecule has 1 amide bonds. The molecule has 0 fully saturated rings. The maximum Gasteiger partial charge on any atom is 0.250 e. The minimum absolute atomic E-state index is 0.238. The van der Waals surface area contributed by atoms with Crippen LogP contribution in [0.2, 0.25) is 0 Å². The van der Waals surface area contributed by atoms with Crippen LogP contribution in [0.4, 0.5) is 9.52 Å². The molecule has 1 N–H and O–H groups in total. The van der Waals surface area contributed by atoms with E-state index in [1.165, 1.54) is 34.4 Å². The standard InChI is InChI=1S/C22H21FN2OS2/c1-15(2)13-27-19-10-3-16(4-11-19)5-12-21(26)25-22-24-20(14-28-22)17-6-8-18(23)9-7-17/h3-12,14-15H,13H2,1-2H3,(H,24,25,26)/b12-5+. The molecule has 0 aliphatic rings. The van der Waals surface area contributed by atoms with E-state index in [0.29, 0.717) is 16.7 Å². The van der Waals surface area contributed by atoms with Crippen molar-refractivity contribution in [2.75, 3.05) is 11.1 Å². The Kier molecular flexibility index (Phi) is 7.01. The van der Waals surface area contributed by atoms with Crippen LogP contribution in [0.25, 0.3) is 17.3 Å². The molecule has 0 aliphatic carbocycles. The average molecular weight is 413 g/mol. The summed E-state index contributed by atoms with van der Waals surface area (Å²) in [5.74, 6) is 1.22. The number of thiazole rings is 1. The molecule has 28 heavy (non-hydrogen) atoms. The fourth-order valence-electron chi connectivity index (χ4n) is 2.34. The molecule has 2 aromatic carbocycles. The third-order valence-corrected chi connectivity index (χ3v) is 5.96. The van der Waals surface area contributed by atoms with Crippen molar-refractivity contribution in [3.63, 3.8) is 0 Å². The lowest BCUT2D eigenvalue weighted by atomic mass is 10.2. The molecule has 3 rings (SSSR count). The number of nitrogens with one attached hydrogen (secondary N) is 1. The third-order valence-electron chi connectivity index (χ3n) is 3.76. The van der Waals surface area contributed by atoms with Gasteiger partial charge in [0, 0.05) is 27.7 Å². The third kappa shape index (κ3) is 6.04. The molecule has 6 heteroatoms. The Balaban J connectivity index is 1.56. The summed E-state index contributed by atoms with van der Waals surface area (Å²) in [6, 6.07) is 14.3. The smallest absolute Gasteiger partial charge is 0.250 e. The highest BCUT2D eigenvalue weighted by Crippen LogP contribution is 2.25. The minimum Gasteiger partial charge on any atom is -0.298 e. The first kappa shape index (κ1) is 20.3. The molecule has 0 spiro atoms. The topological polar surface area (TPSA) is 42.0 Å². The molecule has 1 heterocycles. The number of carbonyl (C=O) groups excluding carboxylic acids is 1. The highest BCUT2D eigenvalue weighted by Gasteiger charge is 2.06. The summed E-state index contributed by atoms with van der Waals surface area (Å²) in [6.07, 6.45) is 3.27. The molecule has 0 saturated carbocycles. The summed E-state index contributed by atoms with van der Waals surface area (Å²) in [6.45, 7) is 4.40. The number of amides is 1. The lowest BCUT2D eigenvalue weighted by Gasteiger charge is -2.04. The summed E-state index contributed by atoms with van der Waals surface area (Å²) in [7, 11) is 0. The number of rotatable bonds is 7. The molecular weight excluding hydrogens is 391 g/mol. The number of anilines is 1. The van der Waals surface area contributed by atoms with Gasteiger partial charge in [0.2, 0.25) is 5.91 Å². The molecule has 3 nitrogen and oxygen atoms in total. The molecule has 0 saturated heterocycles. The summed E-state index contributed by atoms with van der Waals surface area (Å²) in [5, 5.41) is 5.10. The number of aromatic nitrogens is 1. The molecule has 0 radical (unpaired) electrons. The quantitative estimate of drug-likeness (QED) is 0.363. The van der Waals surface area contributed by atoms with Crippen LogP contribution in [0.1, 0.15) is 19.4 Å². The molecule has 144 valence electrons. The van der Waals surface area contributed by atoms with E-state index in [1.54, 1.807) is 18.2 Å². The van der Waals surface area contributed by atoms with Gasteiger partial charge in [0.1, 0.15) is 5.82 Å². The van der Waals surface area contributed by atoms with Crippen LogP contribution < -0.4 is 5.32 Å². The van der Waals surface area contributed by atoms with Crippen molar-refractivity contribution in [3.05, 3.63) is 71.4 Å². The summed E-state index contributed by atoms with van der Waals surface area (Å²) < 4.78 is 13.0. The summed E-state index contributed by atoms with van der Waals surface area (Å²) in [4.78, 5) is 17.7. The summed E-state index contributed by atoms with van der Waals surface area (Å²) in [5.41, 5.74) is 2.48. The Morgan fingerprint density at radius 1 is 1.18 bits per heavy atom. The molecule has 1 aromatic heterocycles. The Labute approximate surface area is 172 Å². The van der Waals surface area contributed by atoms with Crippen molar-refractivity contribution in [1.29, 1.82) is 0 Å². The van der Waals surface area contributed by atoms with Gasteiger partial charge in [-0.05, 0) is 54.0 Å². The van der Waals surface area contributed by atoms with Crippen molar-refractivity contribution in [2.45, 2.75) is 18.7 Å². The molecule has 0 unspecified atom stereocenters. The largest absolute Gasteiger partial charge is 0.298 e. The monoisotopic (exact) mass is 412 g/mol. The van der Waals surface area contributed by atoms with Crippen LogP contribution in [-0.2, 0) is 4.79 Å². The number of nitrogens with zero attached hydrogens (tertiary/aromatic N) is 1. The number of benzene rings is 2. The van der Waals surface area contributed by atoms with Gasteiger partial charge in [0.25, 0.3) is 0 Å². The van der Waals surface area contributed by atoms with Gasteiger partial charge in [-0.3, -0.25) is 10.1 Å². The van der Waals surface area contributed by atoms with Crippen molar-refractivity contribution in [2.24, 2.45) is 5.92 Å². The predicted molar refractivity (Wildman–Crippen MR) is 117 cm³/mol. The number of thioether (sulfide) groups is 1. The second-order valence-electron chi connectivity index (χ2n) is 6.64. The fourth-order valence-corrected chi connectivity index (χ4v) is 3.92. The minimum atomic E-state index is -0.288. The van der Waals surface area contributed by atoms with Crippen LogP contribution in [0, 0.1) is 11.7 Å². The van der Waals surface area contributed by atoms with E-state index in [-0.39, 0.29) is 11.7 Å². The lowest BCUT2D eigenvalue weighted by molar-refractivity contribution is -0.111. The Hall–Kier alpha value is -2.44. The number of halogens is 1. The first-order chi connectivity index (χ1) is 13.5. The van der Waals surface area contributed by atoms with Gasteiger partial charge in [0.05, 0.1) is 5.69 Å². The second-order valence-corrected chi connectivity index (χ2v) is 8.59. The molecule has 0 atom stereocenters. The van der Waals surface area contributed by atoms with Gasteiger partial charge in [-0.2, -0.15) is 0 Å². The first-order valence-corrected chi connectivity index (χ1v) is 10.8. The highest BCUT2D eigenvalue weighted by atomic mass is 32.2. The normalized spacial score (nSPS) is 11.3. The lowest BCUT2D eigenvalue weighted by Crippen LogP contribution is -2.07. The van der Waals surface area contributed by atoms with E-state index in [1.807, 2.05) is 29.3 Å². The van der Waals surface area contributed by atoms with Crippen LogP contribution in [0.5, 0.6) is 0 Å². The van der Waals surface area contributed by atoms with E-state index < -0.39 is 0 Å². The SMILES string of the molecule is CC(C)CSc1ccc(/C=C/C(=O)Nc2nc(-c3ccc(F)cc3)cs2)cc1. The van der Waals surface area contributed by atoms with Crippen molar-refractivity contribution < 1.29 is 9.18 Å². The van der Waals surface area contributed by atoms with E-state index in [9.17, 15) is 9.18 Å². The fraction of sp³-hybridized carbons (Fsp3) is 0.182. The van der Waals surface area contributed by atoms with Gasteiger partial charge in [-0.1, -0.05) is 26.0 Å². The van der Waals surface area contributed by atoms with Gasteiger partial charge in [-0.25, -0.2) is 9.37 Å². The van der Waals surface area contributed by atoms with Crippen LogP contribution in [-0.4, -0.2) is 16.6 Å². The van der Waals surface area contributed by atoms with E-state index >= 15 is 0 Å². The zero-order valence-corrected chi connectivity index (χ0v) is 17.3. The average Bonchev–Trinajstić information content (AvgIpc) is 3.14. The van der Waals surface area contributed by atoms with Crippen molar-refractivity contribution in [1.82, 2.24) is 4.98 Å². The van der Waals surface area contributed by atoms with E-state index in [0.717, 1.165) is 16.9 Å². The Morgan fingerprint density at radius 2 is 1.89 bits per heavy atom. The Morgan fingerprint density at radius 3 is 2.57 bits per heavy atom. The van der Waals surface area contributed by atoms with Gasteiger partial charge in [0.15, 0.2) is 5.13 Å². The Bertz CT molecular complexity index is 947. The van der Waals surface area contributed by atoms with Crippen LogP contribution >= 0.6 is 23.1 Å². The first-order valence-electron chi connectivity index (χ1n) is 8.93. The van der Waals surface area contributed by atoms with Gasteiger partial charge >= 0.3 is 0 Å². The summed E-state index contributed by atoms with van der Waals surface area (Å²) >= 11 is 3.17. The molecule has 0 bridgehead atoms. The zero-order chi connectivity index (χ0) is 19.9. The molecule has 0 aliphatic heterocycles. The van der Waals surface area contributed by atoms with Crippen molar-refractivity contribution in [3.8, 4) is 11.3 Å². The maximum atomic E-state index is 13.0. The number of carbonyl (C=O) groups is 1. The van der Waals surface area contributed by atoms with Gasteiger partial charge in [-0.15, -0.1) is 23.1 Å². The highest BCUT2D eigenvalue weighted by molar-refractivity contribution is 7.99. The second kappa shape index (κ2) is 9.66. The predicted octanol–water partition coefficient (Wildman–Crippen LogP) is 6.35. The number of hydrogen-bond acceptors (Lipinski definition) is 4. The van der Waals surface area contributed by atoms with Crippen LogP contribution in [0.3, 0.4) is 0 Å². The molecule has 3 aromatic rings. The van der Waals surface area contributed by atoms with Crippen LogP contribution in [0.15, 0.2) is 64.9 Å². The van der Waals surface area contributed by atoms with Crippen molar-refractivity contribution >= 4 is 40.2 Å². The molecular formula is C22H21FN2OS2. The van der Waals surface area contributed by atoms with E-state index in [2.05, 4.69) is 36.3 Å². The number of hydrogen-bond donors (Lipinski definition) is 1. The maximum absolute atomic E-state index is 13.0. The van der Waals surface area contributed by atoms with Gasteiger partial charge < -0.3 is 0 Å².